The van der Waals surface area contributed by atoms with Gasteiger partial charge in [0.2, 0.25) is 0 Å². The topological polar surface area (TPSA) is 143 Å². The van der Waals surface area contributed by atoms with Gasteiger partial charge in [-0.1, -0.05) is 30.3 Å². The molecule has 0 aliphatic heterocycles. The number of hydrogen-bond donors (Lipinski definition) is 1. The zero-order valence-electron chi connectivity index (χ0n) is 18.8. The number of nitrogens with one attached hydrogen (secondary N) is 1. The molecule has 0 aliphatic rings. The summed E-state index contributed by atoms with van der Waals surface area (Å²) >= 11 is 0. The second-order valence-electron chi connectivity index (χ2n) is 7.11. The predicted molar refractivity (Wildman–Crippen MR) is 122 cm³/mol. The summed E-state index contributed by atoms with van der Waals surface area (Å²) in [6.45, 7) is -0.533. The summed E-state index contributed by atoms with van der Waals surface area (Å²) < 4.78 is 15.4. The number of methoxy groups -OCH3 is 2. The van der Waals surface area contributed by atoms with Gasteiger partial charge in [0.1, 0.15) is 0 Å². The summed E-state index contributed by atoms with van der Waals surface area (Å²) in [5, 5.41) is 6.44. The molecule has 3 rings (SSSR count). The first-order valence-electron chi connectivity index (χ1n) is 10.2. The van der Waals surface area contributed by atoms with Gasteiger partial charge in [0.25, 0.3) is 11.5 Å². The van der Waals surface area contributed by atoms with Gasteiger partial charge in [-0.05, 0) is 29.8 Å². The molecule has 180 valence electrons. The Kier molecular flexibility index (Phi) is 8.06. The van der Waals surface area contributed by atoms with Gasteiger partial charge in [0.05, 0.1) is 31.9 Å². The molecule has 11 nitrogen and oxygen atoms in total. The minimum absolute atomic E-state index is 0.00701. The number of nitrogens with zero attached hydrogens (tertiary/aromatic N) is 2. The van der Waals surface area contributed by atoms with Crippen LogP contribution in [-0.2, 0) is 25.5 Å². The minimum atomic E-state index is -0.916. The van der Waals surface area contributed by atoms with E-state index in [1.54, 1.807) is 0 Å². The van der Waals surface area contributed by atoms with Crippen LogP contribution in [0.5, 0.6) is 0 Å². The number of esters is 3. The van der Waals surface area contributed by atoms with E-state index in [1.807, 2.05) is 30.3 Å². The van der Waals surface area contributed by atoms with Crippen LogP contribution in [0, 0.1) is 0 Å². The number of benzene rings is 2. The molecule has 0 saturated carbocycles. The number of rotatable bonds is 8. The highest BCUT2D eigenvalue weighted by molar-refractivity contribution is 6.00. The third kappa shape index (κ3) is 6.60. The third-order valence-corrected chi connectivity index (χ3v) is 4.64. The lowest BCUT2D eigenvalue weighted by molar-refractivity contribution is -0.119. The Morgan fingerprint density at radius 1 is 0.857 bits per heavy atom. The summed E-state index contributed by atoms with van der Waals surface area (Å²) in [6, 6.07) is 15.3. The van der Waals surface area contributed by atoms with Crippen molar-refractivity contribution in [1.82, 2.24) is 9.78 Å². The minimum Gasteiger partial charge on any atom is -0.465 e. The Labute approximate surface area is 199 Å². The largest absolute Gasteiger partial charge is 0.465 e. The summed E-state index contributed by atoms with van der Waals surface area (Å²) in [7, 11) is 2.34. The van der Waals surface area contributed by atoms with Gasteiger partial charge in [0.15, 0.2) is 12.3 Å². The lowest BCUT2D eigenvalue weighted by Crippen LogP contribution is -2.27. The first-order valence-corrected chi connectivity index (χ1v) is 10.2. The van der Waals surface area contributed by atoms with E-state index in [-0.39, 0.29) is 29.1 Å². The van der Waals surface area contributed by atoms with E-state index in [1.165, 1.54) is 44.6 Å². The fourth-order valence-corrected chi connectivity index (χ4v) is 3.00. The van der Waals surface area contributed by atoms with Crippen LogP contribution in [-0.4, -0.2) is 54.4 Å². The van der Waals surface area contributed by atoms with Crippen LogP contribution in [0.3, 0.4) is 0 Å². The number of ether oxygens (including phenoxy) is 3. The van der Waals surface area contributed by atoms with Gasteiger partial charge >= 0.3 is 17.9 Å². The second kappa shape index (κ2) is 11.4. The molecule has 0 radical (unpaired) electrons. The van der Waals surface area contributed by atoms with E-state index in [0.29, 0.717) is 0 Å². The van der Waals surface area contributed by atoms with Gasteiger partial charge in [0, 0.05) is 11.8 Å². The van der Waals surface area contributed by atoms with Crippen molar-refractivity contribution < 1.29 is 33.4 Å². The Balaban J connectivity index is 1.67. The number of aromatic nitrogens is 2. The summed E-state index contributed by atoms with van der Waals surface area (Å²) in [5.41, 5.74) is 0.348. The SMILES string of the molecule is COC(=O)c1cc(NC(=O)COC(=O)c2ccc(=O)n(Cc3ccccc3)n2)cc(C(=O)OC)c1. The van der Waals surface area contributed by atoms with E-state index < -0.39 is 36.0 Å². The average molecular weight is 479 g/mol. The van der Waals surface area contributed by atoms with Gasteiger partial charge in [-0.25, -0.2) is 19.1 Å². The smallest absolute Gasteiger partial charge is 0.359 e. The van der Waals surface area contributed by atoms with Crippen molar-refractivity contribution in [2.24, 2.45) is 0 Å². The maximum Gasteiger partial charge on any atom is 0.359 e. The number of carbonyl (C=O) groups is 4. The third-order valence-electron chi connectivity index (χ3n) is 4.64. The first kappa shape index (κ1) is 24.8. The maximum absolute atomic E-state index is 12.4. The van der Waals surface area contributed by atoms with Gasteiger partial charge < -0.3 is 19.5 Å². The average Bonchev–Trinajstić information content (AvgIpc) is 2.87. The fourth-order valence-electron chi connectivity index (χ4n) is 3.00. The molecule has 0 fully saturated rings. The molecule has 0 saturated heterocycles. The summed E-state index contributed by atoms with van der Waals surface area (Å²) in [4.78, 5) is 60.5. The van der Waals surface area contributed by atoms with Crippen molar-refractivity contribution in [2.75, 3.05) is 26.1 Å². The van der Waals surface area contributed by atoms with Crippen LogP contribution >= 0.6 is 0 Å². The van der Waals surface area contributed by atoms with Crippen LogP contribution in [0.15, 0.2) is 65.5 Å². The van der Waals surface area contributed by atoms with Crippen LogP contribution in [0.2, 0.25) is 0 Å². The Hall–Kier alpha value is -4.80. The highest BCUT2D eigenvalue weighted by atomic mass is 16.5. The number of anilines is 1. The highest BCUT2D eigenvalue weighted by Crippen LogP contribution is 2.17. The van der Waals surface area contributed by atoms with Crippen molar-refractivity contribution >= 4 is 29.5 Å². The molecule has 0 spiro atoms. The van der Waals surface area contributed by atoms with Gasteiger partial charge in [-0.3, -0.25) is 9.59 Å². The lowest BCUT2D eigenvalue weighted by atomic mass is 10.1. The van der Waals surface area contributed by atoms with E-state index in [0.717, 1.165) is 10.2 Å². The van der Waals surface area contributed by atoms with Crippen molar-refractivity contribution in [3.63, 3.8) is 0 Å². The molecular formula is C24H21N3O8. The molecule has 1 heterocycles. The maximum atomic E-state index is 12.4. The number of hydrogen-bond acceptors (Lipinski definition) is 9. The second-order valence-corrected chi connectivity index (χ2v) is 7.11. The molecule has 1 N–H and O–H groups in total. The zero-order chi connectivity index (χ0) is 25.4. The van der Waals surface area contributed by atoms with Crippen LogP contribution in [0.25, 0.3) is 0 Å². The fraction of sp³-hybridized carbons (Fsp3) is 0.167. The Morgan fingerprint density at radius 2 is 1.49 bits per heavy atom. The first-order chi connectivity index (χ1) is 16.8. The molecule has 11 heteroatoms. The molecule has 0 atom stereocenters. The highest BCUT2D eigenvalue weighted by Gasteiger charge is 2.17. The monoisotopic (exact) mass is 479 g/mol. The van der Waals surface area contributed by atoms with Crippen molar-refractivity contribution in [3.05, 3.63) is 93.4 Å². The molecule has 1 amide bonds. The van der Waals surface area contributed by atoms with Crippen molar-refractivity contribution in [2.45, 2.75) is 6.54 Å². The predicted octanol–water partition coefficient (Wildman–Crippen LogP) is 1.66. The molecule has 0 bridgehead atoms. The van der Waals surface area contributed by atoms with E-state index in [9.17, 15) is 24.0 Å². The van der Waals surface area contributed by atoms with Crippen molar-refractivity contribution in [3.8, 4) is 0 Å². The summed E-state index contributed by atoms with van der Waals surface area (Å²) in [5.74, 6) is -3.11. The molecule has 0 unspecified atom stereocenters. The van der Waals surface area contributed by atoms with Gasteiger partial charge in [-0.15, -0.1) is 0 Å². The molecule has 2 aromatic carbocycles. The molecule has 35 heavy (non-hydrogen) atoms. The Bertz CT molecular complexity index is 1280. The molecule has 1 aromatic heterocycles. The normalized spacial score (nSPS) is 10.2. The molecule has 0 aliphatic carbocycles. The molecule has 3 aromatic rings. The van der Waals surface area contributed by atoms with E-state index in [2.05, 4.69) is 19.9 Å². The number of carbonyl (C=O) groups excluding carboxylic acids is 4. The summed E-state index contributed by atoms with van der Waals surface area (Å²) in [6.07, 6.45) is 0. The van der Waals surface area contributed by atoms with Gasteiger partial charge in [-0.2, -0.15) is 5.10 Å². The van der Waals surface area contributed by atoms with Crippen LogP contribution < -0.4 is 10.9 Å². The lowest BCUT2D eigenvalue weighted by Gasteiger charge is -2.10. The standard InChI is InChI=1S/C24H21N3O8/c1-33-22(30)16-10-17(23(31)34-2)12-18(11-16)25-20(28)14-35-24(32)19-8-9-21(29)27(26-19)13-15-6-4-3-5-7-15/h3-12H,13-14H2,1-2H3,(H,25,28). The zero-order valence-corrected chi connectivity index (χ0v) is 18.8. The Morgan fingerprint density at radius 3 is 2.09 bits per heavy atom. The van der Waals surface area contributed by atoms with Crippen LogP contribution in [0.4, 0.5) is 5.69 Å². The van der Waals surface area contributed by atoms with E-state index in [4.69, 9.17) is 4.74 Å². The van der Waals surface area contributed by atoms with Crippen LogP contribution in [0.1, 0.15) is 36.8 Å². The number of amides is 1. The quantitative estimate of drug-likeness (QED) is 0.377. The molecular weight excluding hydrogens is 458 g/mol. The van der Waals surface area contributed by atoms with Crippen molar-refractivity contribution in [1.29, 1.82) is 0 Å². The van der Waals surface area contributed by atoms with E-state index >= 15 is 0 Å².